The lowest BCUT2D eigenvalue weighted by atomic mass is 10.1. The standard InChI is InChI=1S/C18H23N3O3S/c1-14(2)8-10-20-18(22)16-6-3-7-17(11-16)25(23,24)21-13-15-5-4-9-19-12-15/h3-7,9,11-12,14,21H,8,10,13H2,1-2H3,(H,20,22). The predicted molar refractivity (Wildman–Crippen MR) is 96.5 cm³/mol. The largest absolute Gasteiger partial charge is 0.352 e. The van der Waals surface area contributed by atoms with Crippen LogP contribution < -0.4 is 10.0 Å². The average molecular weight is 361 g/mol. The quantitative estimate of drug-likeness (QED) is 0.755. The molecule has 0 aliphatic heterocycles. The minimum absolute atomic E-state index is 0.0629. The van der Waals surface area contributed by atoms with Crippen molar-refractivity contribution in [2.75, 3.05) is 6.54 Å². The number of sulfonamides is 1. The number of pyridine rings is 1. The molecule has 1 aromatic heterocycles. The summed E-state index contributed by atoms with van der Waals surface area (Å²) in [6.45, 7) is 4.86. The van der Waals surface area contributed by atoms with Gasteiger partial charge < -0.3 is 5.32 Å². The molecule has 1 amide bonds. The number of nitrogens with one attached hydrogen (secondary N) is 2. The monoisotopic (exact) mass is 361 g/mol. The number of rotatable bonds is 8. The van der Waals surface area contributed by atoms with Crippen molar-refractivity contribution in [2.45, 2.75) is 31.7 Å². The molecular formula is C18H23N3O3S. The zero-order valence-corrected chi connectivity index (χ0v) is 15.2. The van der Waals surface area contributed by atoms with Crippen molar-refractivity contribution >= 4 is 15.9 Å². The van der Waals surface area contributed by atoms with Gasteiger partial charge in [-0.05, 0) is 42.2 Å². The summed E-state index contributed by atoms with van der Waals surface area (Å²) in [5.41, 5.74) is 1.08. The normalized spacial score (nSPS) is 11.5. The molecular weight excluding hydrogens is 338 g/mol. The Morgan fingerprint density at radius 3 is 2.68 bits per heavy atom. The van der Waals surface area contributed by atoms with Gasteiger partial charge >= 0.3 is 0 Å². The van der Waals surface area contributed by atoms with Crippen LogP contribution in [0.5, 0.6) is 0 Å². The van der Waals surface area contributed by atoms with Gasteiger partial charge in [-0.2, -0.15) is 0 Å². The second kappa shape index (κ2) is 8.73. The zero-order chi connectivity index (χ0) is 18.3. The van der Waals surface area contributed by atoms with Crippen molar-refractivity contribution in [2.24, 2.45) is 5.92 Å². The SMILES string of the molecule is CC(C)CCNC(=O)c1cccc(S(=O)(=O)NCc2cccnc2)c1. The van der Waals surface area contributed by atoms with E-state index in [2.05, 4.69) is 28.9 Å². The van der Waals surface area contributed by atoms with E-state index in [4.69, 9.17) is 0 Å². The minimum Gasteiger partial charge on any atom is -0.352 e. The van der Waals surface area contributed by atoms with E-state index in [0.717, 1.165) is 12.0 Å². The summed E-state index contributed by atoms with van der Waals surface area (Å²) in [7, 11) is -3.71. The molecule has 0 unspecified atom stereocenters. The van der Waals surface area contributed by atoms with Crippen molar-refractivity contribution in [1.82, 2.24) is 15.0 Å². The fourth-order valence-corrected chi connectivity index (χ4v) is 3.21. The number of carbonyl (C=O) groups is 1. The molecule has 0 bridgehead atoms. The molecule has 0 spiro atoms. The van der Waals surface area contributed by atoms with E-state index in [0.29, 0.717) is 18.0 Å². The Hall–Kier alpha value is -2.25. The van der Waals surface area contributed by atoms with E-state index < -0.39 is 10.0 Å². The van der Waals surface area contributed by atoms with Gasteiger partial charge in [-0.1, -0.05) is 26.0 Å². The van der Waals surface area contributed by atoms with E-state index in [1.54, 1.807) is 36.7 Å². The molecule has 1 aromatic carbocycles. The fraction of sp³-hybridized carbons (Fsp3) is 0.333. The number of hydrogen-bond acceptors (Lipinski definition) is 4. The van der Waals surface area contributed by atoms with Crippen molar-refractivity contribution in [3.05, 3.63) is 59.9 Å². The molecule has 0 aliphatic carbocycles. The Morgan fingerprint density at radius 1 is 1.20 bits per heavy atom. The molecule has 0 atom stereocenters. The zero-order valence-electron chi connectivity index (χ0n) is 14.4. The number of nitrogens with zero attached hydrogens (tertiary/aromatic N) is 1. The summed E-state index contributed by atoms with van der Waals surface area (Å²) < 4.78 is 27.4. The Morgan fingerprint density at radius 2 is 2.00 bits per heavy atom. The predicted octanol–water partition coefficient (Wildman–Crippen LogP) is 2.34. The molecule has 0 saturated heterocycles. The van der Waals surface area contributed by atoms with Crippen molar-refractivity contribution in [1.29, 1.82) is 0 Å². The second-order valence-electron chi connectivity index (χ2n) is 6.15. The number of benzene rings is 1. The van der Waals surface area contributed by atoms with Gasteiger partial charge in [0.25, 0.3) is 5.91 Å². The summed E-state index contributed by atoms with van der Waals surface area (Å²) >= 11 is 0. The summed E-state index contributed by atoms with van der Waals surface area (Å²) in [5.74, 6) is 0.216. The highest BCUT2D eigenvalue weighted by atomic mass is 32.2. The average Bonchev–Trinajstić information content (AvgIpc) is 2.61. The van der Waals surface area contributed by atoms with Crippen LogP contribution in [-0.2, 0) is 16.6 Å². The van der Waals surface area contributed by atoms with Gasteiger partial charge in [-0.25, -0.2) is 13.1 Å². The number of aromatic nitrogens is 1. The van der Waals surface area contributed by atoms with Crippen molar-refractivity contribution in [3.8, 4) is 0 Å². The van der Waals surface area contributed by atoms with E-state index in [-0.39, 0.29) is 17.3 Å². The maximum atomic E-state index is 12.4. The first-order chi connectivity index (χ1) is 11.9. The van der Waals surface area contributed by atoms with E-state index in [1.807, 2.05) is 0 Å². The van der Waals surface area contributed by atoms with Gasteiger partial charge in [-0.3, -0.25) is 9.78 Å². The Labute approximate surface area is 148 Å². The third-order valence-corrected chi connectivity index (χ3v) is 5.00. The molecule has 0 fully saturated rings. The summed E-state index contributed by atoms with van der Waals surface area (Å²) in [6, 6.07) is 9.55. The van der Waals surface area contributed by atoms with Crippen LogP contribution in [0.1, 0.15) is 36.2 Å². The lowest BCUT2D eigenvalue weighted by Crippen LogP contribution is -2.26. The molecule has 134 valence electrons. The van der Waals surface area contributed by atoms with Gasteiger partial charge in [-0.15, -0.1) is 0 Å². The van der Waals surface area contributed by atoms with Crippen molar-refractivity contribution in [3.63, 3.8) is 0 Å². The van der Waals surface area contributed by atoms with Crippen LogP contribution in [0.25, 0.3) is 0 Å². The van der Waals surface area contributed by atoms with Gasteiger partial charge in [0, 0.05) is 31.0 Å². The first-order valence-electron chi connectivity index (χ1n) is 8.15. The van der Waals surface area contributed by atoms with Gasteiger partial charge in [0.05, 0.1) is 4.90 Å². The molecule has 2 aromatic rings. The smallest absolute Gasteiger partial charge is 0.251 e. The molecule has 25 heavy (non-hydrogen) atoms. The van der Waals surface area contributed by atoms with Crippen LogP contribution in [0.2, 0.25) is 0 Å². The molecule has 7 heteroatoms. The van der Waals surface area contributed by atoms with Crippen LogP contribution >= 0.6 is 0 Å². The number of amides is 1. The fourth-order valence-electron chi connectivity index (χ4n) is 2.15. The summed E-state index contributed by atoms with van der Waals surface area (Å²) in [5, 5.41) is 2.80. The van der Waals surface area contributed by atoms with Crippen LogP contribution in [0, 0.1) is 5.92 Å². The lowest BCUT2D eigenvalue weighted by molar-refractivity contribution is 0.0952. The molecule has 0 radical (unpaired) electrons. The summed E-state index contributed by atoms with van der Waals surface area (Å²) in [4.78, 5) is 16.2. The first-order valence-corrected chi connectivity index (χ1v) is 9.63. The number of hydrogen-bond donors (Lipinski definition) is 2. The Balaban J connectivity index is 2.04. The molecule has 0 aliphatic rings. The molecule has 1 heterocycles. The van der Waals surface area contributed by atoms with Crippen LogP contribution in [0.15, 0.2) is 53.7 Å². The van der Waals surface area contributed by atoms with Gasteiger partial charge in [0.2, 0.25) is 10.0 Å². The number of carbonyl (C=O) groups excluding carboxylic acids is 1. The highest BCUT2D eigenvalue weighted by Crippen LogP contribution is 2.12. The van der Waals surface area contributed by atoms with Gasteiger partial charge in [0.15, 0.2) is 0 Å². The molecule has 2 rings (SSSR count). The van der Waals surface area contributed by atoms with E-state index >= 15 is 0 Å². The molecule has 2 N–H and O–H groups in total. The third kappa shape index (κ3) is 5.95. The van der Waals surface area contributed by atoms with Crippen LogP contribution in [0.3, 0.4) is 0 Å². The maximum Gasteiger partial charge on any atom is 0.251 e. The molecule has 0 saturated carbocycles. The van der Waals surface area contributed by atoms with Crippen LogP contribution in [-0.4, -0.2) is 25.9 Å². The third-order valence-electron chi connectivity index (χ3n) is 3.60. The van der Waals surface area contributed by atoms with E-state index in [9.17, 15) is 13.2 Å². The highest BCUT2D eigenvalue weighted by Gasteiger charge is 2.16. The Kier molecular flexibility index (Phi) is 6.66. The summed E-state index contributed by atoms with van der Waals surface area (Å²) in [6.07, 6.45) is 4.09. The Bertz CT molecular complexity index is 805. The minimum atomic E-state index is -3.71. The molecule has 6 nitrogen and oxygen atoms in total. The van der Waals surface area contributed by atoms with Gasteiger partial charge in [0.1, 0.15) is 0 Å². The van der Waals surface area contributed by atoms with E-state index in [1.165, 1.54) is 12.1 Å². The highest BCUT2D eigenvalue weighted by molar-refractivity contribution is 7.89. The first kappa shape index (κ1) is 19.1. The maximum absolute atomic E-state index is 12.4. The van der Waals surface area contributed by atoms with Crippen molar-refractivity contribution < 1.29 is 13.2 Å². The van der Waals surface area contributed by atoms with Crippen LogP contribution in [0.4, 0.5) is 0 Å². The lowest BCUT2D eigenvalue weighted by Gasteiger charge is -2.10. The topological polar surface area (TPSA) is 88.2 Å². The second-order valence-corrected chi connectivity index (χ2v) is 7.92.